The van der Waals surface area contributed by atoms with Crippen LogP contribution >= 0.6 is 23.2 Å². The van der Waals surface area contributed by atoms with E-state index >= 15 is 0 Å². The number of halogens is 3. The summed E-state index contributed by atoms with van der Waals surface area (Å²) in [5, 5.41) is 0.267. The first-order chi connectivity index (χ1) is 6.18. The van der Waals surface area contributed by atoms with Crippen LogP contribution in [0.5, 0.6) is 0 Å². The van der Waals surface area contributed by atoms with Gasteiger partial charge in [0.05, 0.1) is 10.0 Å². The van der Waals surface area contributed by atoms with Gasteiger partial charge in [0.25, 0.3) is 0 Å². The molecule has 0 heterocycles. The molecule has 1 aliphatic rings. The molecule has 0 aromatic heterocycles. The second-order valence-corrected chi connectivity index (χ2v) is 4.24. The average molecular weight is 219 g/mol. The van der Waals surface area contributed by atoms with Crippen LogP contribution in [-0.2, 0) is 0 Å². The maximum atomic E-state index is 13.0. The van der Waals surface area contributed by atoms with Crippen molar-refractivity contribution in [3.8, 4) is 0 Å². The highest BCUT2D eigenvalue weighted by Gasteiger charge is 2.21. The Morgan fingerprint density at radius 2 is 1.69 bits per heavy atom. The molecule has 0 bridgehead atoms. The molecule has 0 radical (unpaired) electrons. The largest absolute Gasteiger partial charge is 0.204 e. The van der Waals surface area contributed by atoms with E-state index in [0.29, 0.717) is 5.92 Å². The Morgan fingerprint density at radius 1 is 1.15 bits per heavy atom. The van der Waals surface area contributed by atoms with E-state index in [0.717, 1.165) is 18.4 Å². The molecule has 0 amide bonds. The maximum Gasteiger partial charge on any atom is 0.160 e. The van der Waals surface area contributed by atoms with Gasteiger partial charge in [-0.15, -0.1) is 0 Å². The van der Waals surface area contributed by atoms with Gasteiger partial charge in [0.1, 0.15) is 0 Å². The summed E-state index contributed by atoms with van der Waals surface area (Å²) >= 11 is 11.4. The van der Waals surface area contributed by atoms with Crippen LogP contribution < -0.4 is 0 Å². The second kappa shape index (κ2) is 3.47. The number of benzene rings is 1. The van der Waals surface area contributed by atoms with Crippen molar-refractivity contribution in [2.45, 2.75) is 25.2 Å². The molecule has 1 aromatic carbocycles. The van der Waals surface area contributed by atoms with Crippen molar-refractivity contribution >= 4 is 23.2 Å². The minimum Gasteiger partial charge on any atom is -0.204 e. The van der Waals surface area contributed by atoms with Gasteiger partial charge < -0.3 is 0 Å². The third-order valence-electron chi connectivity index (χ3n) is 2.58. The van der Waals surface area contributed by atoms with Gasteiger partial charge in [-0.3, -0.25) is 0 Å². The third-order valence-corrected chi connectivity index (χ3v) is 3.13. The monoisotopic (exact) mass is 218 g/mol. The Balaban J connectivity index is 2.37. The summed E-state index contributed by atoms with van der Waals surface area (Å²) in [6, 6.07) is 3.37. The van der Waals surface area contributed by atoms with Crippen molar-refractivity contribution < 1.29 is 4.39 Å². The molecule has 0 unspecified atom stereocenters. The van der Waals surface area contributed by atoms with E-state index in [1.54, 1.807) is 12.1 Å². The van der Waals surface area contributed by atoms with Crippen LogP contribution in [-0.4, -0.2) is 0 Å². The number of rotatable bonds is 1. The summed E-state index contributed by atoms with van der Waals surface area (Å²) in [7, 11) is 0. The quantitative estimate of drug-likeness (QED) is 0.614. The second-order valence-electron chi connectivity index (χ2n) is 3.43. The molecule has 0 N–H and O–H groups in total. The van der Waals surface area contributed by atoms with Gasteiger partial charge in [-0.2, -0.15) is 0 Å². The molecule has 13 heavy (non-hydrogen) atoms. The lowest BCUT2D eigenvalue weighted by Crippen LogP contribution is -2.08. The fraction of sp³-hybridized carbons (Fsp3) is 0.400. The van der Waals surface area contributed by atoms with E-state index in [1.807, 2.05) is 0 Å². The molecule has 1 aliphatic carbocycles. The molecule has 70 valence electrons. The van der Waals surface area contributed by atoms with Crippen LogP contribution in [0, 0.1) is 5.82 Å². The Morgan fingerprint density at radius 3 is 2.08 bits per heavy atom. The molecule has 3 heteroatoms. The van der Waals surface area contributed by atoms with Gasteiger partial charge >= 0.3 is 0 Å². The van der Waals surface area contributed by atoms with Crippen molar-refractivity contribution in [1.29, 1.82) is 0 Å². The molecule has 2 rings (SSSR count). The van der Waals surface area contributed by atoms with Gasteiger partial charge in [-0.1, -0.05) is 29.6 Å². The van der Waals surface area contributed by atoms with E-state index in [1.165, 1.54) is 6.42 Å². The zero-order chi connectivity index (χ0) is 9.42. The Bertz CT molecular complexity index is 309. The third kappa shape index (κ3) is 1.68. The van der Waals surface area contributed by atoms with E-state index in [9.17, 15) is 4.39 Å². The zero-order valence-electron chi connectivity index (χ0n) is 6.99. The fourth-order valence-electron chi connectivity index (χ4n) is 1.55. The van der Waals surface area contributed by atoms with E-state index in [-0.39, 0.29) is 10.0 Å². The summed E-state index contributed by atoms with van der Waals surface area (Å²) in [6.07, 6.45) is 3.58. The lowest BCUT2D eigenvalue weighted by Gasteiger charge is -2.26. The molecule has 0 nitrogen and oxygen atoms in total. The normalized spacial score (nSPS) is 17.2. The minimum absolute atomic E-state index is 0.134. The Labute approximate surface area is 86.7 Å². The van der Waals surface area contributed by atoms with Crippen molar-refractivity contribution in [3.05, 3.63) is 33.6 Å². The standard InChI is InChI=1S/C10H9Cl2F/c11-8-4-7(6-2-1-3-6)5-9(12)10(8)13/h4-6H,1-3H2. The zero-order valence-corrected chi connectivity index (χ0v) is 8.50. The highest BCUT2D eigenvalue weighted by Crippen LogP contribution is 2.39. The molecule has 0 saturated heterocycles. The SMILES string of the molecule is Fc1c(Cl)cc(C2CCC2)cc1Cl. The molecular formula is C10H9Cl2F. The summed E-state index contributed by atoms with van der Waals surface area (Å²) in [5.41, 5.74) is 1.07. The van der Waals surface area contributed by atoms with Gasteiger partial charge in [0.2, 0.25) is 0 Å². The molecule has 0 atom stereocenters. The van der Waals surface area contributed by atoms with Gasteiger partial charge in [-0.05, 0) is 36.5 Å². The highest BCUT2D eigenvalue weighted by atomic mass is 35.5. The van der Waals surface area contributed by atoms with Crippen molar-refractivity contribution in [3.63, 3.8) is 0 Å². The van der Waals surface area contributed by atoms with Crippen LogP contribution in [0.2, 0.25) is 10.0 Å². The average Bonchev–Trinajstić information content (AvgIpc) is 1.96. The van der Waals surface area contributed by atoms with Gasteiger partial charge in [0, 0.05) is 0 Å². The van der Waals surface area contributed by atoms with Crippen LogP contribution in [0.15, 0.2) is 12.1 Å². The molecular weight excluding hydrogens is 210 g/mol. The van der Waals surface area contributed by atoms with Crippen LogP contribution in [0.3, 0.4) is 0 Å². The summed E-state index contributed by atoms with van der Waals surface area (Å²) < 4.78 is 13.0. The van der Waals surface area contributed by atoms with E-state index in [2.05, 4.69) is 0 Å². The van der Waals surface area contributed by atoms with Gasteiger partial charge in [0.15, 0.2) is 5.82 Å². The highest BCUT2D eigenvalue weighted by molar-refractivity contribution is 6.35. The molecule has 0 spiro atoms. The van der Waals surface area contributed by atoms with Crippen molar-refractivity contribution in [2.24, 2.45) is 0 Å². The maximum absolute atomic E-state index is 13.0. The smallest absolute Gasteiger partial charge is 0.160 e. The first-order valence-corrected chi connectivity index (χ1v) is 5.08. The van der Waals surface area contributed by atoms with Crippen LogP contribution in [0.4, 0.5) is 4.39 Å². The number of hydrogen-bond acceptors (Lipinski definition) is 0. The predicted molar refractivity (Wildman–Crippen MR) is 53.0 cm³/mol. The summed E-state index contributed by atoms with van der Waals surface area (Å²) in [4.78, 5) is 0. The summed E-state index contributed by atoms with van der Waals surface area (Å²) in [5.74, 6) is 0.0296. The first kappa shape index (κ1) is 9.29. The lowest BCUT2D eigenvalue weighted by atomic mass is 9.80. The lowest BCUT2D eigenvalue weighted by molar-refractivity contribution is 0.419. The van der Waals surface area contributed by atoms with Crippen molar-refractivity contribution in [2.75, 3.05) is 0 Å². The predicted octanol–water partition coefficient (Wildman–Crippen LogP) is 4.40. The molecule has 0 aliphatic heterocycles. The summed E-state index contributed by atoms with van der Waals surface area (Å²) in [6.45, 7) is 0. The van der Waals surface area contributed by atoms with Gasteiger partial charge in [-0.25, -0.2) is 4.39 Å². The first-order valence-electron chi connectivity index (χ1n) is 4.33. The molecule has 1 fully saturated rings. The van der Waals surface area contributed by atoms with Crippen LogP contribution in [0.25, 0.3) is 0 Å². The number of hydrogen-bond donors (Lipinski definition) is 0. The Hall–Kier alpha value is -0.270. The van der Waals surface area contributed by atoms with E-state index < -0.39 is 5.82 Å². The van der Waals surface area contributed by atoms with Crippen molar-refractivity contribution in [1.82, 2.24) is 0 Å². The minimum atomic E-state index is -0.508. The molecule has 1 aromatic rings. The fourth-order valence-corrected chi connectivity index (χ4v) is 2.06. The van der Waals surface area contributed by atoms with Crippen LogP contribution in [0.1, 0.15) is 30.7 Å². The Kier molecular flexibility index (Phi) is 2.48. The topological polar surface area (TPSA) is 0 Å². The van der Waals surface area contributed by atoms with E-state index in [4.69, 9.17) is 23.2 Å². The molecule has 1 saturated carbocycles.